The molecule has 0 radical (unpaired) electrons. The number of hydrogen-bond donors (Lipinski definition) is 2. The van der Waals surface area contributed by atoms with Crippen LogP contribution in [-0.2, 0) is 9.47 Å². The van der Waals surface area contributed by atoms with Crippen molar-refractivity contribution < 1.29 is 9.47 Å². The van der Waals surface area contributed by atoms with Crippen molar-refractivity contribution in [3.63, 3.8) is 0 Å². The molecule has 3 saturated heterocycles. The van der Waals surface area contributed by atoms with Gasteiger partial charge in [0.25, 0.3) is 0 Å². The Morgan fingerprint density at radius 3 is 2.55 bits per heavy atom. The quantitative estimate of drug-likeness (QED) is 0.302. The Bertz CT molecular complexity index is 487. The van der Waals surface area contributed by atoms with Crippen LogP contribution in [0.3, 0.4) is 0 Å². The third-order valence-corrected chi connectivity index (χ3v) is 6.61. The SMILES string of the molecule is CN=C(NCC1(N2CCCCC2)CCN(C)CC1)NC(C)COC1CCOC1.I. The minimum Gasteiger partial charge on any atom is -0.379 e. The average Bonchev–Trinajstić information content (AvgIpc) is 3.25. The van der Waals surface area contributed by atoms with Crippen LogP contribution in [0.4, 0.5) is 0 Å². The van der Waals surface area contributed by atoms with Crippen LogP contribution >= 0.6 is 24.0 Å². The second kappa shape index (κ2) is 12.6. The van der Waals surface area contributed by atoms with Crippen molar-refractivity contribution >= 4 is 29.9 Å². The normalized spacial score (nSPS) is 27.3. The van der Waals surface area contributed by atoms with Gasteiger partial charge in [-0.05, 0) is 72.3 Å². The Morgan fingerprint density at radius 2 is 1.93 bits per heavy atom. The van der Waals surface area contributed by atoms with E-state index in [2.05, 4.69) is 39.4 Å². The van der Waals surface area contributed by atoms with Crippen molar-refractivity contribution in [3.05, 3.63) is 0 Å². The molecule has 2 atom stereocenters. The van der Waals surface area contributed by atoms with Crippen LogP contribution in [0, 0.1) is 0 Å². The van der Waals surface area contributed by atoms with E-state index in [1.165, 1.54) is 58.3 Å². The van der Waals surface area contributed by atoms with Crippen LogP contribution in [0.15, 0.2) is 4.99 Å². The fourth-order valence-corrected chi connectivity index (χ4v) is 4.65. The molecule has 170 valence electrons. The maximum atomic E-state index is 5.95. The molecule has 3 rings (SSSR count). The molecule has 0 aromatic rings. The van der Waals surface area contributed by atoms with E-state index >= 15 is 0 Å². The Hall–Kier alpha value is -0.160. The highest BCUT2D eigenvalue weighted by molar-refractivity contribution is 14.0. The summed E-state index contributed by atoms with van der Waals surface area (Å²) < 4.78 is 11.3. The van der Waals surface area contributed by atoms with Crippen LogP contribution in [0.2, 0.25) is 0 Å². The Balaban J connectivity index is 0.00000300. The molecule has 3 heterocycles. The van der Waals surface area contributed by atoms with Gasteiger partial charge in [0.15, 0.2) is 5.96 Å². The van der Waals surface area contributed by atoms with Crippen molar-refractivity contribution in [3.8, 4) is 0 Å². The zero-order valence-electron chi connectivity index (χ0n) is 18.6. The molecule has 0 amide bonds. The zero-order chi connectivity index (χ0) is 19.8. The summed E-state index contributed by atoms with van der Waals surface area (Å²) in [5.41, 5.74) is 0.255. The van der Waals surface area contributed by atoms with E-state index in [9.17, 15) is 0 Å². The highest BCUT2D eigenvalue weighted by Crippen LogP contribution is 2.30. The number of halogens is 1. The molecule has 29 heavy (non-hydrogen) atoms. The van der Waals surface area contributed by atoms with Gasteiger partial charge >= 0.3 is 0 Å². The number of ether oxygens (including phenoxy) is 2. The lowest BCUT2D eigenvalue weighted by molar-refractivity contribution is 0.0170. The minimum absolute atomic E-state index is 0. The third-order valence-electron chi connectivity index (χ3n) is 6.61. The molecule has 2 N–H and O–H groups in total. The summed E-state index contributed by atoms with van der Waals surface area (Å²) in [6.45, 7) is 10.2. The lowest BCUT2D eigenvalue weighted by atomic mass is 9.84. The first kappa shape index (κ1) is 25.1. The smallest absolute Gasteiger partial charge is 0.191 e. The molecule has 0 bridgehead atoms. The number of rotatable bonds is 7. The van der Waals surface area contributed by atoms with E-state index in [4.69, 9.17) is 9.47 Å². The van der Waals surface area contributed by atoms with Crippen LogP contribution in [0.25, 0.3) is 0 Å². The van der Waals surface area contributed by atoms with E-state index in [1.807, 2.05) is 7.05 Å². The van der Waals surface area contributed by atoms with Gasteiger partial charge < -0.3 is 25.0 Å². The highest BCUT2D eigenvalue weighted by atomic mass is 127. The lowest BCUT2D eigenvalue weighted by Gasteiger charge is -2.50. The first-order valence-electron chi connectivity index (χ1n) is 11.2. The molecule has 0 aromatic heterocycles. The topological polar surface area (TPSA) is 61.4 Å². The van der Waals surface area contributed by atoms with Gasteiger partial charge in [0.05, 0.1) is 19.3 Å². The minimum atomic E-state index is 0. The average molecular weight is 524 g/mol. The summed E-state index contributed by atoms with van der Waals surface area (Å²) >= 11 is 0. The van der Waals surface area contributed by atoms with Gasteiger partial charge in [0.1, 0.15) is 0 Å². The Morgan fingerprint density at radius 1 is 1.21 bits per heavy atom. The molecule has 0 aromatic carbocycles. The summed E-state index contributed by atoms with van der Waals surface area (Å²) in [4.78, 5) is 9.69. The summed E-state index contributed by atoms with van der Waals surface area (Å²) in [5.74, 6) is 0.883. The van der Waals surface area contributed by atoms with Gasteiger partial charge in [-0.2, -0.15) is 0 Å². The van der Waals surface area contributed by atoms with Crippen molar-refractivity contribution in [1.29, 1.82) is 0 Å². The lowest BCUT2D eigenvalue weighted by Crippen LogP contribution is -2.62. The second-order valence-corrected chi connectivity index (χ2v) is 8.87. The number of piperidine rings is 2. The molecule has 3 fully saturated rings. The maximum absolute atomic E-state index is 5.95. The number of aliphatic imine (C=N–C) groups is 1. The monoisotopic (exact) mass is 523 g/mol. The van der Waals surface area contributed by atoms with Gasteiger partial charge in [-0.1, -0.05) is 6.42 Å². The Kier molecular flexibility index (Phi) is 10.9. The first-order valence-corrected chi connectivity index (χ1v) is 11.2. The molecule has 2 unspecified atom stereocenters. The molecule has 8 heteroatoms. The predicted molar refractivity (Wildman–Crippen MR) is 129 cm³/mol. The Labute approximate surface area is 194 Å². The molecule has 0 aliphatic carbocycles. The van der Waals surface area contributed by atoms with Gasteiger partial charge in [0.2, 0.25) is 0 Å². The van der Waals surface area contributed by atoms with Gasteiger partial charge in [0, 0.05) is 31.8 Å². The third kappa shape index (κ3) is 7.48. The van der Waals surface area contributed by atoms with Gasteiger partial charge in [-0.25, -0.2) is 0 Å². The highest BCUT2D eigenvalue weighted by Gasteiger charge is 2.39. The van der Waals surface area contributed by atoms with Crippen LogP contribution < -0.4 is 10.6 Å². The van der Waals surface area contributed by atoms with E-state index in [0.717, 1.165) is 32.1 Å². The van der Waals surface area contributed by atoms with E-state index in [0.29, 0.717) is 6.61 Å². The van der Waals surface area contributed by atoms with Gasteiger partial charge in [-0.15, -0.1) is 24.0 Å². The molecule has 0 saturated carbocycles. The summed E-state index contributed by atoms with van der Waals surface area (Å²) in [6.07, 6.45) is 7.77. The molecule has 3 aliphatic rings. The molecular weight excluding hydrogens is 481 g/mol. The summed E-state index contributed by atoms with van der Waals surface area (Å²) in [6, 6.07) is 0.218. The summed E-state index contributed by atoms with van der Waals surface area (Å²) in [5, 5.41) is 7.15. The molecule has 7 nitrogen and oxygen atoms in total. The van der Waals surface area contributed by atoms with Crippen LogP contribution in [-0.4, -0.2) is 100 Å². The van der Waals surface area contributed by atoms with Crippen molar-refractivity contribution in [2.45, 2.75) is 63.1 Å². The molecule has 3 aliphatic heterocycles. The van der Waals surface area contributed by atoms with Crippen LogP contribution in [0.1, 0.15) is 45.4 Å². The second-order valence-electron chi connectivity index (χ2n) is 8.87. The number of hydrogen-bond acceptors (Lipinski definition) is 5. The van der Waals surface area contributed by atoms with Crippen molar-refractivity contribution in [1.82, 2.24) is 20.4 Å². The first-order chi connectivity index (χ1) is 13.6. The van der Waals surface area contributed by atoms with E-state index in [1.54, 1.807) is 0 Å². The number of guanidine groups is 1. The van der Waals surface area contributed by atoms with E-state index in [-0.39, 0.29) is 41.7 Å². The maximum Gasteiger partial charge on any atom is 0.191 e. The zero-order valence-corrected chi connectivity index (χ0v) is 21.0. The molecular formula is C21H42IN5O2. The van der Waals surface area contributed by atoms with E-state index < -0.39 is 0 Å². The number of nitrogens with zero attached hydrogens (tertiary/aromatic N) is 3. The van der Waals surface area contributed by atoms with Gasteiger partial charge in [-0.3, -0.25) is 9.89 Å². The standard InChI is InChI=1S/C21H41N5O2.HI/c1-18(15-28-19-7-14-27-16-19)24-20(22-2)23-17-21(8-12-25(3)13-9-21)26-10-5-4-6-11-26;/h18-19H,4-17H2,1-3H3,(H2,22,23,24);1H. The fourth-order valence-electron chi connectivity index (χ4n) is 4.65. The number of nitrogens with one attached hydrogen (secondary N) is 2. The van der Waals surface area contributed by atoms with Crippen LogP contribution in [0.5, 0.6) is 0 Å². The molecule has 0 spiro atoms. The van der Waals surface area contributed by atoms with Crippen molar-refractivity contribution in [2.75, 3.05) is 66.6 Å². The predicted octanol–water partition coefficient (Wildman–Crippen LogP) is 1.91. The largest absolute Gasteiger partial charge is 0.379 e. The fraction of sp³-hybridized carbons (Fsp3) is 0.952. The number of likely N-dealkylation sites (tertiary alicyclic amines) is 2. The van der Waals surface area contributed by atoms with Crippen molar-refractivity contribution in [2.24, 2.45) is 4.99 Å². The summed E-state index contributed by atoms with van der Waals surface area (Å²) in [7, 11) is 4.10.